The smallest absolute Gasteiger partial charge is 0.328 e. The maximum absolute atomic E-state index is 11.5. The lowest BCUT2D eigenvalue weighted by atomic mass is 10.2. The highest BCUT2D eigenvalue weighted by Gasteiger charge is 2.36. The first-order valence-corrected chi connectivity index (χ1v) is 5.51. The molecule has 5 nitrogen and oxygen atoms in total. The Balaban J connectivity index is 2.58. The van der Waals surface area contributed by atoms with Gasteiger partial charge in [-0.3, -0.25) is 9.59 Å². The van der Waals surface area contributed by atoms with Gasteiger partial charge in [0.05, 0.1) is 6.61 Å². The zero-order valence-electron chi connectivity index (χ0n) is 9.69. The van der Waals surface area contributed by atoms with Gasteiger partial charge < -0.3 is 9.64 Å². The fraction of sp³-hybridized carbons (Fsp3) is 0.727. The van der Waals surface area contributed by atoms with Crippen LogP contribution in [0.5, 0.6) is 0 Å². The van der Waals surface area contributed by atoms with E-state index in [2.05, 4.69) is 0 Å². The Hall–Kier alpha value is -1.39. The zero-order valence-corrected chi connectivity index (χ0v) is 9.69. The average molecular weight is 227 g/mol. The Morgan fingerprint density at radius 3 is 2.75 bits per heavy atom. The summed E-state index contributed by atoms with van der Waals surface area (Å²) in [6, 6.07) is -0.494. The number of rotatable bonds is 5. The quantitative estimate of drug-likeness (QED) is 0.642. The second-order valence-electron chi connectivity index (χ2n) is 3.85. The summed E-state index contributed by atoms with van der Waals surface area (Å²) in [5.41, 5.74) is 0. The van der Waals surface area contributed by atoms with Gasteiger partial charge in [-0.25, -0.2) is 4.79 Å². The van der Waals surface area contributed by atoms with E-state index in [1.807, 2.05) is 0 Å². The van der Waals surface area contributed by atoms with Crippen molar-refractivity contribution >= 4 is 17.7 Å². The third-order valence-corrected chi connectivity index (χ3v) is 2.59. The van der Waals surface area contributed by atoms with Crippen molar-refractivity contribution in [1.29, 1.82) is 0 Å². The van der Waals surface area contributed by atoms with Crippen molar-refractivity contribution in [2.45, 2.75) is 39.2 Å². The van der Waals surface area contributed by atoms with Gasteiger partial charge in [-0.05, 0) is 20.3 Å². The molecule has 1 fully saturated rings. The van der Waals surface area contributed by atoms with E-state index < -0.39 is 6.04 Å². The van der Waals surface area contributed by atoms with Crippen LogP contribution >= 0.6 is 0 Å². The molecule has 1 amide bonds. The predicted molar refractivity (Wildman–Crippen MR) is 56.7 cm³/mol. The number of hydrogen-bond donors (Lipinski definition) is 0. The van der Waals surface area contributed by atoms with Crippen LogP contribution in [0, 0.1) is 0 Å². The van der Waals surface area contributed by atoms with Crippen molar-refractivity contribution in [3.8, 4) is 0 Å². The van der Waals surface area contributed by atoms with E-state index in [1.165, 1.54) is 11.8 Å². The molecule has 0 aromatic heterocycles. The molecular weight excluding hydrogens is 210 g/mol. The molecule has 0 radical (unpaired) electrons. The SMILES string of the molecule is CCOC(=O)C1CCC(=O)N1CCC(C)=O. The highest BCUT2D eigenvalue weighted by Crippen LogP contribution is 2.20. The minimum absolute atomic E-state index is 0.0160. The molecule has 1 aliphatic heterocycles. The van der Waals surface area contributed by atoms with Crippen molar-refractivity contribution in [3.05, 3.63) is 0 Å². The molecule has 5 heteroatoms. The Bertz CT molecular complexity index is 300. The molecule has 0 saturated carbocycles. The molecule has 90 valence electrons. The van der Waals surface area contributed by atoms with Gasteiger partial charge >= 0.3 is 5.97 Å². The molecule has 0 bridgehead atoms. The first kappa shape index (κ1) is 12.7. The number of nitrogens with zero attached hydrogens (tertiary/aromatic N) is 1. The zero-order chi connectivity index (χ0) is 12.1. The largest absolute Gasteiger partial charge is 0.464 e. The summed E-state index contributed by atoms with van der Waals surface area (Å²) in [5.74, 6) is -0.418. The molecule has 0 aromatic carbocycles. The standard InChI is InChI=1S/C11H17NO4/c1-3-16-11(15)9-4-5-10(14)12(9)7-6-8(2)13/h9H,3-7H2,1-2H3. The first-order valence-electron chi connectivity index (χ1n) is 5.51. The highest BCUT2D eigenvalue weighted by molar-refractivity contribution is 5.88. The van der Waals surface area contributed by atoms with Crippen LogP contribution in [0.2, 0.25) is 0 Å². The topological polar surface area (TPSA) is 63.7 Å². The molecule has 16 heavy (non-hydrogen) atoms. The maximum Gasteiger partial charge on any atom is 0.328 e. The van der Waals surface area contributed by atoms with Gasteiger partial charge in [0, 0.05) is 19.4 Å². The molecule has 1 rings (SSSR count). The predicted octanol–water partition coefficient (Wildman–Crippen LogP) is 0.520. The van der Waals surface area contributed by atoms with E-state index in [-0.39, 0.29) is 17.7 Å². The molecule has 1 saturated heterocycles. The number of carbonyl (C=O) groups excluding carboxylic acids is 3. The number of Topliss-reactive ketones (excluding diaryl/α,β-unsaturated/α-hetero) is 1. The molecule has 1 unspecified atom stereocenters. The van der Waals surface area contributed by atoms with E-state index >= 15 is 0 Å². The molecule has 1 heterocycles. The van der Waals surface area contributed by atoms with E-state index in [0.717, 1.165) is 0 Å². The lowest BCUT2D eigenvalue weighted by molar-refractivity contribution is -0.151. The van der Waals surface area contributed by atoms with E-state index in [0.29, 0.717) is 32.4 Å². The van der Waals surface area contributed by atoms with Crippen LogP contribution in [0.4, 0.5) is 0 Å². The van der Waals surface area contributed by atoms with Gasteiger partial charge in [-0.15, -0.1) is 0 Å². The minimum Gasteiger partial charge on any atom is -0.464 e. The van der Waals surface area contributed by atoms with Gasteiger partial charge in [0.2, 0.25) is 5.91 Å². The lowest BCUT2D eigenvalue weighted by Crippen LogP contribution is -2.40. The summed E-state index contributed by atoms with van der Waals surface area (Å²) in [7, 11) is 0. The molecule has 1 aliphatic rings. The molecule has 0 aliphatic carbocycles. The number of amides is 1. The van der Waals surface area contributed by atoms with E-state index in [9.17, 15) is 14.4 Å². The van der Waals surface area contributed by atoms with Crippen LogP contribution in [0.3, 0.4) is 0 Å². The van der Waals surface area contributed by atoms with E-state index in [4.69, 9.17) is 4.74 Å². The van der Waals surface area contributed by atoms with Gasteiger partial charge in [-0.1, -0.05) is 0 Å². The lowest BCUT2D eigenvalue weighted by Gasteiger charge is -2.22. The molecule has 0 aromatic rings. The number of ketones is 1. The van der Waals surface area contributed by atoms with Crippen LogP contribution in [-0.4, -0.2) is 41.8 Å². The van der Waals surface area contributed by atoms with Crippen LogP contribution in [0.25, 0.3) is 0 Å². The van der Waals surface area contributed by atoms with Crippen molar-refractivity contribution in [1.82, 2.24) is 4.90 Å². The van der Waals surface area contributed by atoms with Crippen molar-refractivity contribution < 1.29 is 19.1 Å². The highest BCUT2D eigenvalue weighted by atomic mass is 16.5. The summed E-state index contributed by atoms with van der Waals surface area (Å²) in [6.07, 6.45) is 1.15. The van der Waals surface area contributed by atoms with E-state index in [1.54, 1.807) is 6.92 Å². The Kier molecular flexibility index (Phi) is 4.46. The summed E-state index contributed by atoms with van der Waals surface area (Å²) < 4.78 is 4.89. The number of esters is 1. The normalized spacial score (nSPS) is 20.0. The summed E-state index contributed by atoms with van der Waals surface area (Å²) in [6.45, 7) is 3.83. The second kappa shape index (κ2) is 5.63. The third-order valence-electron chi connectivity index (χ3n) is 2.59. The molecular formula is C11H17NO4. The summed E-state index contributed by atoms with van der Waals surface area (Å²) in [5, 5.41) is 0. The molecule has 0 N–H and O–H groups in total. The third kappa shape index (κ3) is 3.05. The minimum atomic E-state index is -0.494. The van der Waals surface area contributed by atoms with Crippen molar-refractivity contribution in [2.75, 3.05) is 13.2 Å². The monoisotopic (exact) mass is 227 g/mol. The Morgan fingerprint density at radius 2 is 2.19 bits per heavy atom. The fourth-order valence-electron chi connectivity index (χ4n) is 1.78. The van der Waals surface area contributed by atoms with Crippen molar-refractivity contribution in [3.63, 3.8) is 0 Å². The van der Waals surface area contributed by atoms with Crippen molar-refractivity contribution in [2.24, 2.45) is 0 Å². The Morgan fingerprint density at radius 1 is 1.50 bits per heavy atom. The first-order chi connectivity index (χ1) is 7.56. The van der Waals surface area contributed by atoms with Crippen LogP contribution in [0.1, 0.15) is 33.1 Å². The number of likely N-dealkylation sites (tertiary alicyclic amines) is 1. The fourth-order valence-corrected chi connectivity index (χ4v) is 1.78. The molecule has 0 spiro atoms. The Labute approximate surface area is 94.7 Å². The van der Waals surface area contributed by atoms with Gasteiger partial charge in [0.1, 0.15) is 11.8 Å². The van der Waals surface area contributed by atoms with Crippen LogP contribution in [0.15, 0.2) is 0 Å². The van der Waals surface area contributed by atoms with Gasteiger partial charge in [-0.2, -0.15) is 0 Å². The molecule has 1 atom stereocenters. The number of hydrogen-bond acceptors (Lipinski definition) is 4. The summed E-state index contributed by atoms with van der Waals surface area (Å²) in [4.78, 5) is 35.4. The maximum atomic E-state index is 11.5. The van der Waals surface area contributed by atoms with Crippen LogP contribution < -0.4 is 0 Å². The van der Waals surface area contributed by atoms with Crippen LogP contribution in [-0.2, 0) is 19.1 Å². The van der Waals surface area contributed by atoms with Gasteiger partial charge in [0.25, 0.3) is 0 Å². The number of carbonyl (C=O) groups is 3. The number of ether oxygens (including phenoxy) is 1. The second-order valence-corrected chi connectivity index (χ2v) is 3.85. The van der Waals surface area contributed by atoms with Gasteiger partial charge in [0.15, 0.2) is 0 Å². The average Bonchev–Trinajstić information content (AvgIpc) is 2.57. The summed E-state index contributed by atoms with van der Waals surface area (Å²) >= 11 is 0.